The molecule has 2 heterocycles. The van der Waals surface area contributed by atoms with E-state index in [4.69, 9.17) is 17.3 Å². The first kappa shape index (κ1) is 10.9. The molecule has 6 heteroatoms. The zero-order valence-electron chi connectivity index (χ0n) is 9.32. The van der Waals surface area contributed by atoms with Gasteiger partial charge >= 0.3 is 0 Å². The van der Waals surface area contributed by atoms with Crippen molar-refractivity contribution in [3.05, 3.63) is 28.7 Å². The minimum atomic E-state index is 0.187. The summed E-state index contributed by atoms with van der Waals surface area (Å²) >= 11 is 5.82. The highest BCUT2D eigenvalue weighted by atomic mass is 35.5. The quantitative estimate of drug-likeness (QED) is 0.769. The fraction of sp³-hybridized carbons (Fsp3) is 0.300. The Morgan fingerprint density at radius 2 is 1.88 bits per heavy atom. The molecule has 0 aliphatic rings. The maximum absolute atomic E-state index is 5.93. The molecular weight excluding hydrogens is 226 g/mol. The highest BCUT2D eigenvalue weighted by Crippen LogP contribution is 2.21. The van der Waals surface area contributed by atoms with Crippen molar-refractivity contribution in [2.75, 3.05) is 5.73 Å². The van der Waals surface area contributed by atoms with Crippen molar-refractivity contribution in [1.82, 2.24) is 19.5 Å². The van der Waals surface area contributed by atoms with Gasteiger partial charge in [-0.05, 0) is 32.4 Å². The first-order chi connectivity index (χ1) is 7.50. The van der Waals surface area contributed by atoms with Gasteiger partial charge in [0, 0.05) is 5.69 Å². The number of aryl methyl sites for hydroxylation is 2. The number of aromatic nitrogens is 4. The van der Waals surface area contributed by atoms with Crippen LogP contribution in [0.2, 0.25) is 5.28 Å². The van der Waals surface area contributed by atoms with E-state index in [0.717, 1.165) is 11.4 Å². The first-order valence-corrected chi connectivity index (χ1v) is 5.19. The van der Waals surface area contributed by atoms with Crippen molar-refractivity contribution in [2.24, 2.45) is 0 Å². The summed E-state index contributed by atoms with van der Waals surface area (Å²) in [6, 6.07) is 0. The van der Waals surface area contributed by atoms with Gasteiger partial charge in [0.25, 0.3) is 0 Å². The minimum absolute atomic E-state index is 0.187. The third-order valence-corrected chi connectivity index (χ3v) is 2.74. The van der Waals surface area contributed by atoms with Crippen LogP contribution in [0.5, 0.6) is 0 Å². The minimum Gasteiger partial charge on any atom is -0.394 e. The number of rotatable bonds is 1. The number of anilines is 1. The Morgan fingerprint density at radius 3 is 2.44 bits per heavy atom. The lowest BCUT2D eigenvalue weighted by Crippen LogP contribution is -2.07. The Kier molecular flexibility index (Phi) is 2.55. The summed E-state index contributed by atoms with van der Waals surface area (Å²) in [5, 5.41) is 0.187. The molecule has 2 rings (SSSR count). The van der Waals surface area contributed by atoms with Crippen molar-refractivity contribution < 1.29 is 0 Å². The van der Waals surface area contributed by atoms with Gasteiger partial charge in [-0.2, -0.15) is 4.98 Å². The maximum Gasteiger partial charge on any atom is 0.224 e. The van der Waals surface area contributed by atoms with Gasteiger partial charge in [0.1, 0.15) is 6.33 Å². The fourth-order valence-electron chi connectivity index (χ4n) is 1.43. The van der Waals surface area contributed by atoms with Gasteiger partial charge in [0.05, 0.1) is 17.1 Å². The molecule has 0 spiro atoms. The second kappa shape index (κ2) is 3.75. The molecule has 0 aliphatic carbocycles. The lowest BCUT2D eigenvalue weighted by atomic mass is 10.3. The van der Waals surface area contributed by atoms with E-state index in [2.05, 4.69) is 15.0 Å². The zero-order chi connectivity index (χ0) is 11.9. The smallest absolute Gasteiger partial charge is 0.224 e. The SMILES string of the molecule is Cc1nc(Cl)nc(-n2cnc(C)c2C)c1N. The number of imidazole rings is 1. The lowest BCUT2D eigenvalue weighted by Gasteiger charge is -2.09. The Balaban J connectivity index is 2.69. The molecule has 2 aromatic heterocycles. The molecule has 0 unspecified atom stereocenters. The monoisotopic (exact) mass is 237 g/mol. The largest absolute Gasteiger partial charge is 0.394 e. The predicted octanol–water partition coefficient (Wildman–Crippen LogP) is 1.82. The number of nitrogens with zero attached hydrogens (tertiary/aromatic N) is 4. The highest BCUT2D eigenvalue weighted by Gasteiger charge is 2.12. The van der Waals surface area contributed by atoms with Crippen LogP contribution in [-0.4, -0.2) is 19.5 Å². The Labute approximate surface area is 98.3 Å². The van der Waals surface area contributed by atoms with Crippen LogP contribution in [0, 0.1) is 20.8 Å². The second-order valence-corrected chi connectivity index (χ2v) is 3.94. The number of hydrogen-bond donors (Lipinski definition) is 1. The molecule has 5 nitrogen and oxygen atoms in total. The van der Waals surface area contributed by atoms with Crippen LogP contribution in [0.3, 0.4) is 0 Å². The Hall–Kier alpha value is -1.62. The van der Waals surface area contributed by atoms with Crippen LogP contribution >= 0.6 is 11.6 Å². The average molecular weight is 238 g/mol. The molecule has 0 aromatic carbocycles. The normalized spacial score (nSPS) is 10.8. The van der Waals surface area contributed by atoms with E-state index in [1.807, 2.05) is 18.4 Å². The van der Waals surface area contributed by atoms with E-state index in [1.165, 1.54) is 0 Å². The van der Waals surface area contributed by atoms with Gasteiger partial charge in [-0.15, -0.1) is 0 Å². The maximum atomic E-state index is 5.93. The first-order valence-electron chi connectivity index (χ1n) is 4.81. The summed E-state index contributed by atoms with van der Waals surface area (Å²) in [6.45, 7) is 5.68. The van der Waals surface area contributed by atoms with E-state index in [-0.39, 0.29) is 5.28 Å². The molecule has 0 bridgehead atoms. The second-order valence-electron chi connectivity index (χ2n) is 3.60. The molecule has 0 atom stereocenters. The number of nitrogen functional groups attached to an aromatic ring is 1. The van der Waals surface area contributed by atoms with E-state index in [1.54, 1.807) is 13.3 Å². The zero-order valence-corrected chi connectivity index (χ0v) is 10.1. The van der Waals surface area contributed by atoms with Crippen LogP contribution in [0.4, 0.5) is 5.69 Å². The average Bonchev–Trinajstić information content (AvgIpc) is 2.54. The van der Waals surface area contributed by atoms with Crippen LogP contribution in [0.15, 0.2) is 6.33 Å². The van der Waals surface area contributed by atoms with Gasteiger partial charge in [-0.25, -0.2) is 9.97 Å². The number of hydrogen-bond acceptors (Lipinski definition) is 4. The van der Waals surface area contributed by atoms with Crippen LogP contribution in [0.25, 0.3) is 5.82 Å². The lowest BCUT2D eigenvalue weighted by molar-refractivity contribution is 0.930. The molecule has 2 N–H and O–H groups in total. The standard InChI is InChI=1S/C10H12ClN5/c1-5-7(3)16(4-13-5)9-8(12)6(2)14-10(11)15-9/h4H,12H2,1-3H3. The number of halogens is 1. The van der Waals surface area contributed by atoms with Crippen LogP contribution < -0.4 is 5.73 Å². The van der Waals surface area contributed by atoms with Gasteiger partial charge in [-0.1, -0.05) is 0 Å². The molecule has 0 amide bonds. The van der Waals surface area contributed by atoms with Crippen LogP contribution in [0.1, 0.15) is 17.1 Å². The van der Waals surface area contributed by atoms with E-state index in [9.17, 15) is 0 Å². The molecular formula is C10H12ClN5. The predicted molar refractivity (Wildman–Crippen MR) is 62.8 cm³/mol. The van der Waals surface area contributed by atoms with Crippen molar-refractivity contribution in [2.45, 2.75) is 20.8 Å². The van der Waals surface area contributed by atoms with Gasteiger partial charge in [-0.3, -0.25) is 4.57 Å². The molecule has 0 fully saturated rings. The molecule has 0 radical (unpaired) electrons. The van der Waals surface area contributed by atoms with Crippen molar-refractivity contribution in [3.8, 4) is 5.82 Å². The molecule has 16 heavy (non-hydrogen) atoms. The highest BCUT2D eigenvalue weighted by molar-refractivity contribution is 6.28. The fourth-order valence-corrected chi connectivity index (χ4v) is 1.64. The molecule has 0 saturated heterocycles. The third-order valence-electron chi connectivity index (χ3n) is 2.57. The molecule has 84 valence electrons. The van der Waals surface area contributed by atoms with E-state index < -0.39 is 0 Å². The summed E-state index contributed by atoms with van der Waals surface area (Å²) < 4.78 is 1.81. The topological polar surface area (TPSA) is 69.6 Å². The van der Waals surface area contributed by atoms with Crippen LogP contribution in [-0.2, 0) is 0 Å². The number of nitrogens with two attached hydrogens (primary N) is 1. The summed E-state index contributed by atoms with van der Waals surface area (Å²) in [6.07, 6.45) is 1.68. The third kappa shape index (κ3) is 1.63. The van der Waals surface area contributed by atoms with Gasteiger partial charge in [0.15, 0.2) is 5.82 Å². The van der Waals surface area contributed by atoms with Crippen molar-refractivity contribution in [3.63, 3.8) is 0 Å². The summed E-state index contributed by atoms with van der Waals surface area (Å²) in [5.41, 5.74) is 9.04. The van der Waals surface area contributed by atoms with Crippen molar-refractivity contribution >= 4 is 17.3 Å². The van der Waals surface area contributed by atoms with E-state index >= 15 is 0 Å². The van der Waals surface area contributed by atoms with Crippen molar-refractivity contribution in [1.29, 1.82) is 0 Å². The summed E-state index contributed by atoms with van der Waals surface area (Å²) in [4.78, 5) is 12.3. The Morgan fingerprint density at radius 1 is 1.19 bits per heavy atom. The van der Waals surface area contributed by atoms with Gasteiger partial charge < -0.3 is 5.73 Å². The van der Waals surface area contributed by atoms with E-state index in [0.29, 0.717) is 17.2 Å². The molecule has 2 aromatic rings. The molecule has 0 aliphatic heterocycles. The molecule has 0 saturated carbocycles. The Bertz CT molecular complexity index is 546. The summed E-state index contributed by atoms with van der Waals surface area (Å²) in [5.74, 6) is 0.579. The van der Waals surface area contributed by atoms with Gasteiger partial charge in [0.2, 0.25) is 5.28 Å². The summed E-state index contributed by atoms with van der Waals surface area (Å²) in [7, 11) is 0.